The van der Waals surface area contributed by atoms with E-state index in [2.05, 4.69) is 35.4 Å². The second kappa shape index (κ2) is 5.94. The van der Waals surface area contributed by atoms with Crippen LogP contribution in [-0.4, -0.2) is 28.5 Å². The van der Waals surface area contributed by atoms with Gasteiger partial charge in [0.1, 0.15) is 17.5 Å². The number of aromatic nitrogens is 2. The Labute approximate surface area is 101 Å². The Kier molecular flexibility index (Phi) is 4.86. The van der Waals surface area contributed by atoms with Gasteiger partial charge in [-0.05, 0) is 13.2 Å². The Morgan fingerprint density at radius 1 is 1.38 bits per heavy atom. The van der Waals surface area contributed by atoms with Crippen LogP contribution in [-0.2, 0) is 0 Å². The molecule has 5 heteroatoms. The van der Waals surface area contributed by atoms with Gasteiger partial charge in [-0.25, -0.2) is 9.97 Å². The Morgan fingerprint density at radius 2 is 2.06 bits per heavy atom. The second-order valence-corrected chi connectivity index (χ2v) is 5.00. The Morgan fingerprint density at radius 3 is 2.62 bits per heavy atom. The van der Waals surface area contributed by atoms with Gasteiger partial charge in [0.2, 0.25) is 0 Å². The number of rotatable bonds is 5. The Bertz CT molecular complexity index is 352. The molecule has 0 aromatic carbocycles. The predicted octanol–water partition coefficient (Wildman–Crippen LogP) is 2.27. The lowest BCUT2D eigenvalue weighted by Gasteiger charge is -2.13. The first-order valence-corrected chi connectivity index (χ1v) is 6.82. The third-order valence-corrected chi connectivity index (χ3v) is 2.93. The minimum absolute atomic E-state index is 0.295. The first-order valence-electron chi connectivity index (χ1n) is 5.43. The van der Waals surface area contributed by atoms with Crippen molar-refractivity contribution in [3.63, 3.8) is 0 Å². The Hall–Kier alpha value is -0.970. The Balaban J connectivity index is 2.88. The lowest BCUT2D eigenvalue weighted by Crippen LogP contribution is -2.12. The molecule has 16 heavy (non-hydrogen) atoms. The van der Waals surface area contributed by atoms with Crippen molar-refractivity contribution in [1.29, 1.82) is 0 Å². The summed E-state index contributed by atoms with van der Waals surface area (Å²) in [7, 11) is 0. The number of nitrogens with two attached hydrogens (primary N) is 1. The summed E-state index contributed by atoms with van der Waals surface area (Å²) in [5, 5.41) is 3.30. The van der Waals surface area contributed by atoms with Crippen molar-refractivity contribution in [1.82, 2.24) is 9.97 Å². The van der Waals surface area contributed by atoms with Crippen molar-refractivity contribution in [2.24, 2.45) is 0 Å². The molecule has 0 bridgehead atoms. The molecule has 0 aliphatic heterocycles. The molecule has 0 atom stereocenters. The molecule has 0 fully saturated rings. The van der Waals surface area contributed by atoms with Gasteiger partial charge in [-0.1, -0.05) is 13.8 Å². The van der Waals surface area contributed by atoms with E-state index in [0.717, 1.165) is 29.5 Å². The molecule has 0 amide bonds. The summed E-state index contributed by atoms with van der Waals surface area (Å²) in [5.74, 6) is 3.59. The predicted molar refractivity (Wildman–Crippen MR) is 72.1 cm³/mol. The maximum absolute atomic E-state index is 5.87. The minimum atomic E-state index is 0.295. The van der Waals surface area contributed by atoms with Crippen molar-refractivity contribution >= 4 is 23.4 Å². The van der Waals surface area contributed by atoms with Crippen LogP contribution in [0.5, 0.6) is 0 Å². The van der Waals surface area contributed by atoms with E-state index in [1.54, 1.807) is 11.8 Å². The van der Waals surface area contributed by atoms with Gasteiger partial charge >= 0.3 is 0 Å². The highest BCUT2D eigenvalue weighted by Crippen LogP contribution is 2.20. The van der Waals surface area contributed by atoms with E-state index in [1.165, 1.54) is 0 Å². The van der Waals surface area contributed by atoms with Crippen LogP contribution >= 0.6 is 11.8 Å². The van der Waals surface area contributed by atoms with Crippen molar-refractivity contribution in [2.75, 3.05) is 29.6 Å². The fourth-order valence-corrected chi connectivity index (χ4v) is 1.56. The number of hydrogen-bond donors (Lipinski definition) is 2. The fourth-order valence-electron chi connectivity index (χ4n) is 1.25. The number of nitrogens with one attached hydrogen (secondary N) is 1. The number of anilines is 2. The zero-order valence-electron chi connectivity index (χ0n) is 10.4. The quantitative estimate of drug-likeness (QED) is 0.773. The van der Waals surface area contributed by atoms with Gasteiger partial charge in [-0.2, -0.15) is 11.8 Å². The van der Waals surface area contributed by atoms with Crippen molar-refractivity contribution in [2.45, 2.75) is 26.7 Å². The first kappa shape index (κ1) is 13.1. The van der Waals surface area contributed by atoms with Gasteiger partial charge < -0.3 is 11.1 Å². The van der Waals surface area contributed by atoms with E-state index in [9.17, 15) is 0 Å². The second-order valence-electron chi connectivity index (χ2n) is 4.01. The summed E-state index contributed by atoms with van der Waals surface area (Å²) in [5.41, 5.74) is 6.80. The molecule has 90 valence electrons. The molecule has 0 spiro atoms. The van der Waals surface area contributed by atoms with Crippen LogP contribution in [0.2, 0.25) is 0 Å². The maximum Gasteiger partial charge on any atom is 0.135 e. The van der Waals surface area contributed by atoms with Crippen LogP contribution in [0.3, 0.4) is 0 Å². The largest absolute Gasteiger partial charge is 0.383 e. The maximum atomic E-state index is 5.87. The van der Waals surface area contributed by atoms with Gasteiger partial charge in [0.25, 0.3) is 0 Å². The number of hydrogen-bond acceptors (Lipinski definition) is 5. The molecule has 0 saturated carbocycles. The zero-order valence-corrected chi connectivity index (χ0v) is 11.2. The highest BCUT2D eigenvalue weighted by atomic mass is 32.2. The minimum Gasteiger partial charge on any atom is -0.383 e. The number of thioether (sulfide) groups is 1. The molecule has 0 aliphatic rings. The van der Waals surface area contributed by atoms with Crippen LogP contribution in [0.4, 0.5) is 11.6 Å². The van der Waals surface area contributed by atoms with Crippen LogP contribution in [0.15, 0.2) is 0 Å². The standard InChI is InChI=1S/C11H20N4S/c1-7(2)10-14-9(12)8(3)11(15-10)13-5-6-16-4/h7H,5-6H2,1-4H3,(H3,12,13,14,15). The van der Waals surface area contributed by atoms with Crippen LogP contribution in [0.25, 0.3) is 0 Å². The van der Waals surface area contributed by atoms with Gasteiger partial charge in [0.15, 0.2) is 0 Å². The van der Waals surface area contributed by atoms with Crippen molar-refractivity contribution < 1.29 is 0 Å². The highest BCUT2D eigenvalue weighted by Gasteiger charge is 2.10. The summed E-state index contributed by atoms with van der Waals surface area (Å²) in [4.78, 5) is 8.78. The third-order valence-electron chi connectivity index (χ3n) is 2.32. The monoisotopic (exact) mass is 240 g/mol. The average molecular weight is 240 g/mol. The van der Waals surface area contributed by atoms with E-state index in [1.807, 2.05) is 6.92 Å². The SMILES string of the molecule is CSCCNc1nc(C(C)C)nc(N)c1C. The molecule has 1 heterocycles. The van der Waals surface area contributed by atoms with Gasteiger partial charge in [0.05, 0.1) is 0 Å². The van der Waals surface area contributed by atoms with Gasteiger partial charge in [-0.15, -0.1) is 0 Å². The van der Waals surface area contributed by atoms with E-state index >= 15 is 0 Å². The van der Waals surface area contributed by atoms with Crippen molar-refractivity contribution in [3.8, 4) is 0 Å². The molecule has 0 saturated heterocycles. The molecule has 1 aromatic rings. The molecule has 1 aromatic heterocycles. The van der Waals surface area contributed by atoms with E-state index in [-0.39, 0.29) is 0 Å². The summed E-state index contributed by atoms with van der Waals surface area (Å²) in [6.45, 7) is 6.97. The smallest absolute Gasteiger partial charge is 0.135 e. The number of nitrogens with zero attached hydrogens (tertiary/aromatic N) is 2. The molecule has 3 N–H and O–H groups in total. The molecule has 0 unspecified atom stereocenters. The molecule has 1 rings (SSSR count). The third kappa shape index (κ3) is 3.27. The topological polar surface area (TPSA) is 63.8 Å². The summed E-state index contributed by atoms with van der Waals surface area (Å²) in [6, 6.07) is 0. The van der Waals surface area contributed by atoms with E-state index in [0.29, 0.717) is 11.7 Å². The molecule has 0 radical (unpaired) electrons. The summed E-state index contributed by atoms with van der Waals surface area (Å²) >= 11 is 1.80. The zero-order chi connectivity index (χ0) is 12.1. The highest BCUT2D eigenvalue weighted by molar-refractivity contribution is 7.98. The lowest BCUT2D eigenvalue weighted by molar-refractivity contribution is 0.775. The molecular weight excluding hydrogens is 220 g/mol. The summed E-state index contributed by atoms with van der Waals surface area (Å²) in [6.07, 6.45) is 2.09. The first-order chi connectivity index (χ1) is 7.56. The normalized spacial score (nSPS) is 10.8. The molecule has 0 aliphatic carbocycles. The summed E-state index contributed by atoms with van der Waals surface area (Å²) < 4.78 is 0. The van der Waals surface area contributed by atoms with Crippen molar-refractivity contribution in [3.05, 3.63) is 11.4 Å². The van der Waals surface area contributed by atoms with E-state index < -0.39 is 0 Å². The number of nitrogen functional groups attached to an aromatic ring is 1. The average Bonchev–Trinajstić information content (AvgIpc) is 2.24. The van der Waals surface area contributed by atoms with Gasteiger partial charge in [0, 0.05) is 23.8 Å². The van der Waals surface area contributed by atoms with E-state index in [4.69, 9.17) is 5.73 Å². The molecular formula is C11H20N4S. The van der Waals surface area contributed by atoms with Crippen LogP contribution in [0, 0.1) is 6.92 Å². The fraction of sp³-hybridized carbons (Fsp3) is 0.636. The van der Waals surface area contributed by atoms with Crippen LogP contribution in [0.1, 0.15) is 31.2 Å². The lowest BCUT2D eigenvalue weighted by atomic mass is 10.2. The molecule has 4 nitrogen and oxygen atoms in total. The van der Waals surface area contributed by atoms with Gasteiger partial charge in [-0.3, -0.25) is 0 Å². The van der Waals surface area contributed by atoms with Crippen LogP contribution < -0.4 is 11.1 Å².